The lowest BCUT2D eigenvalue weighted by molar-refractivity contribution is 0.373. The molecule has 0 heterocycles. The zero-order chi connectivity index (χ0) is 18.6. The predicted octanol–water partition coefficient (Wildman–Crippen LogP) is 2.68. The van der Waals surface area contributed by atoms with Gasteiger partial charge in [-0.15, -0.1) is 0 Å². The maximum Gasteiger partial charge on any atom is 0.280 e. The highest BCUT2D eigenvalue weighted by atomic mass is 35.5. The Morgan fingerprint density at radius 3 is 2.44 bits per heavy atom. The van der Waals surface area contributed by atoms with E-state index in [4.69, 9.17) is 21.1 Å². The van der Waals surface area contributed by atoms with Crippen LogP contribution in [0.3, 0.4) is 0 Å². The molecule has 134 valence electrons. The SMILES string of the molecule is COc1ccc(C)cc1S(=O)(=O)N/N=C/c1ccc(OC)c(O)c1Cl. The number of benzene rings is 2. The number of methoxy groups -OCH3 is 2. The molecule has 0 saturated heterocycles. The molecule has 2 rings (SSSR count). The number of hydrazone groups is 1. The van der Waals surface area contributed by atoms with Crippen LogP contribution in [0.1, 0.15) is 11.1 Å². The van der Waals surface area contributed by atoms with Crippen molar-refractivity contribution in [2.45, 2.75) is 11.8 Å². The van der Waals surface area contributed by atoms with Crippen LogP contribution < -0.4 is 14.3 Å². The minimum absolute atomic E-state index is 0.00423. The Balaban J connectivity index is 2.27. The lowest BCUT2D eigenvalue weighted by Gasteiger charge is -2.10. The maximum absolute atomic E-state index is 12.4. The van der Waals surface area contributed by atoms with Crippen LogP contribution in [0.15, 0.2) is 40.3 Å². The average molecular weight is 385 g/mol. The molecule has 0 fully saturated rings. The van der Waals surface area contributed by atoms with Crippen LogP contribution in [0.4, 0.5) is 0 Å². The summed E-state index contributed by atoms with van der Waals surface area (Å²) in [6.45, 7) is 1.77. The van der Waals surface area contributed by atoms with Crippen molar-refractivity contribution in [1.29, 1.82) is 0 Å². The largest absolute Gasteiger partial charge is 0.503 e. The molecule has 9 heteroatoms. The number of hydrogen-bond donors (Lipinski definition) is 2. The molecule has 0 radical (unpaired) electrons. The van der Waals surface area contributed by atoms with Crippen molar-refractivity contribution < 1.29 is 23.0 Å². The van der Waals surface area contributed by atoms with Gasteiger partial charge in [0.2, 0.25) is 0 Å². The van der Waals surface area contributed by atoms with Gasteiger partial charge in [-0.2, -0.15) is 18.4 Å². The van der Waals surface area contributed by atoms with E-state index in [9.17, 15) is 13.5 Å². The molecule has 7 nitrogen and oxygen atoms in total. The number of aryl methyl sites for hydroxylation is 1. The fourth-order valence-corrected chi connectivity index (χ4v) is 3.29. The quantitative estimate of drug-likeness (QED) is 0.589. The van der Waals surface area contributed by atoms with Crippen LogP contribution in [-0.2, 0) is 10.0 Å². The van der Waals surface area contributed by atoms with Crippen molar-refractivity contribution in [2.24, 2.45) is 5.10 Å². The van der Waals surface area contributed by atoms with E-state index in [1.807, 2.05) is 0 Å². The molecular formula is C16H17ClN2O5S. The van der Waals surface area contributed by atoms with Crippen LogP contribution in [0.25, 0.3) is 0 Å². The summed E-state index contributed by atoms with van der Waals surface area (Å²) in [5, 5.41) is 13.5. The lowest BCUT2D eigenvalue weighted by Crippen LogP contribution is -2.19. The monoisotopic (exact) mass is 384 g/mol. The molecule has 0 aliphatic heterocycles. The highest BCUT2D eigenvalue weighted by Crippen LogP contribution is 2.35. The fraction of sp³-hybridized carbons (Fsp3) is 0.188. The number of hydrogen-bond acceptors (Lipinski definition) is 6. The summed E-state index contributed by atoms with van der Waals surface area (Å²) in [5.41, 5.74) is 1.08. The summed E-state index contributed by atoms with van der Waals surface area (Å²) in [4.78, 5) is 2.06. The predicted molar refractivity (Wildman–Crippen MR) is 95.3 cm³/mol. The Hall–Kier alpha value is -2.45. The average Bonchev–Trinajstić information content (AvgIpc) is 2.58. The summed E-state index contributed by atoms with van der Waals surface area (Å²) in [6.07, 6.45) is 1.18. The van der Waals surface area contributed by atoms with E-state index >= 15 is 0 Å². The first-order valence-electron chi connectivity index (χ1n) is 7.05. The van der Waals surface area contributed by atoms with E-state index in [0.29, 0.717) is 5.56 Å². The van der Waals surface area contributed by atoms with Gasteiger partial charge < -0.3 is 14.6 Å². The Morgan fingerprint density at radius 2 is 1.80 bits per heavy atom. The summed E-state index contributed by atoms with van der Waals surface area (Å²) in [6, 6.07) is 7.79. The van der Waals surface area contributed by atoms with Crippen LogP contribution in [-0.4, -0.2) is 34.0 Å². The highest BCUT2D eigenvalue weighted by molar-refractivity contribution is 7.89. The van der Waals surface area contributed by atoms with Gasteiger partial charge in [0.1, 0.15) is 10.6 Å². The standard InChI is InChI=1S/C16H17ClN2O5S/c1-10-4-6-12(23-2)14(8-10)25(21,22)19-18-9-11-5-7-13(24-3)16(20)15(11)17/h4-9,19-20H,1-3H3/b18-9+. The first kappa shape index (κ1) is 18.9. The molecular weight excluding hydrogens is 368 g/mol. The molecule has 25 heavy (non-hydrogen) atoms. The van der Waals surface area contributed by atoms with Crippen LogP contribution in [0.2, 0.25) is 5.02 Å². The number of ether oxygens (including phenoxy) is 2. The third-order valence-electron chi connectivity index (χ3n) is 3.31. The van der Waals surface area contributed by atoms with E-state index in [0.717, 1.165) is 5.56 Å². The summed E-state index contributed by atoms with van der Waals surface area (Å²) in [7, 11) is -1.16. The van der Waals surface area contributed by atoms with Gasteiger partial charge in [-0.1, -0.05) is 17.7 Å². The number of aromatic hydroxyl groups is 1. The van der Waals surface area contributed by atoms with E-state index in [1.165, 1.54) is 38.6 Å². The molecule has 0 bridgehead atoms. The number of halogens is 1. The Bertz CT molecular complexity index is 913. The van der Waals surface area contributed by atoms with Crippen LogP contribution in [0, 0.1) is 6.92 Å². The van der Waals surface area contributed by atoms with Gasteiger partial charge in [0.25, 0.3) is 10.0 Å². The minimum Gasteiger partial charge on any atom is -0.503 e. The van der Waals surface area contributed by atoms with Gasteiger partial charge in [0, 0.05) is 5.56 Å². The molecule has 0 aliphatic rings. The first-order chi connectivity index (χ1) is 11.8. The fourth-order valence-electron chi connectivity index (χ4n) is 2.04. The summed E-state index contributed by atoms with van der Waals surface area (Å²) in [5.74, 6) is 0.150. The van der Waals surface area contributed by atoms with Crippen molar-refractivity contribution in [2.75, 3.05) is 14.2 Å². The molecule has 0 amide bonds. The minimum atomic E-state index is -3.93. The van der Waals surface area contributed by atoms with Crippen LogP contribution >= 0.6 is 11.6 Å². The molecule has 0 spiro atoms. The number of sulfonamides is 1. The van der Waals surface area contributed by atoms with Crippen molar-refractivity contribution in [3.63, 3.8) is 0 Å². The topological polar surface area (TPSA) is 97.2 Å². The maximum atomic E-state index is 12.4. The second-order valence-corrected chi connectivity index (χ2v) is 7.03. The number of nitrogens with zero attached hydrogens (tertiary/aromatic N) is 1. The summed E-state index contributed by atoms with van der Waals surface area (Å²) < 4.78 is 34.8. The second-order valence-electron chi connectivity index (χ2n) is 5.03. The van der Waals surface area contributed by atoms with E-state index in [-0.39, 0.29) is 27.2 Å². The second kappa shape index (κ2) is 7.62. The molecule has 2 aromatic carbocycles. The van der Waals surface area contributed by atoms with Gasteiger partial charge in [0.05, 0.1) is 25.5 Å². The van der Waals surface area contributed by atoms with Crippen molar-refractivity contribution in [3.05, 3.63) is 46.5 Å². The third kappa shape index (κ3) is 4.15. The molecule has 0 atom stereocenters. The van der Waals surface area contributed by atoms with Crippen molar-refractivity contribution in [1.82, 2.24) is 4.83 Å². The molecule has 2 aromatic rings. The lowest BCUT2D eigenvalue weighted by atomic mass is 10.2. The normalized spacial score (nSPS) is 11.5. The summed E-state index contributed by atoms with van der Waals surface area (Å²) >= 11 is 5.99. The highest BCUT2D eigenvalue weighted by Gasteiger charge is 2.19. The molecule has 0 unspecified atom stereocenters. The van der Waals surface area contributed by atoms with Gasteiger partial charge >= 0.3 is 0 Å². The first-order valence-corrected chi connectivity index (χ1v) is 8.91. The van der Waals surface area contributed by atoms with Crippen molar-refractivity contribution in [3.8, 4) is 17.2 Å². The third-order valence-corrected chi connectivity index (χ3v) is 4.96. The van der Waals surface area contributed by atoms with E-state index < -0.39 is 10.0 Å². The zero-order valence-corrected chi connectivity index (χ0v) is 15.4. The number of nitrogens with one attached hydrogen (secondary N) is 1. The molecule has 0 aromatic heterocycles. The Kier molecular flexibility index (Phi) is 5.76. The number of phenols is 1. The van der Waals surface area contributed by atoms with E-state index in [1.54, 1.807) is 19.1 Å². The van der Waals surface area contributed by atoms with Gasteiger partial charge in [-0.05, 0) is 36.8 Å². The number of phenolic OH excluding ortho intramolecular Hbond substituents is 1. The van der Waals surface area contributed by atoms with Gasteiger partial charge in [-0.3, -0.25) is 0 Å². The zero-order valence-electron chi connectivity index (χ0n) is 13.8. The molecule has 0 saturated carbocycles. The van der Waals surface area contributed by atoms with Crippen molar-refractivity contribution >= 4 is 27.8 Å². The van der Waals surface area contributed by atoms with Gasteiger partial charge in [-0.25, -0.2) is 0 Å². The molecule has 0 aliphatic carbocycles. The van der Waals surface area contributed by atoms with E-state index in [2.05, 4.69) is 9.93 Å². The number of rotatable bonds is 6. The van der Waals surface area contributed by atoms with Crippen LogP contribution in [0.5, 0.6) is 17.2 Å². The Morgan fingerprint density at radius 1 is 1.16 bits per heavy atom. The smallest absolute Gasteiger partial charge is 0.280 e. The van der Waals surface area contributed by atoms with Gasteiger partial charge in [0.15, 0.2) is 11.5 Å². The Labute approximate surface area is 150 Å². The molecule has 2 N–H and O–H groups in total.